The Morgan fingerprint density at radius 3 is 2.19 bits per heavy atom. The topological polar surface area (TPSA) is 26.3 Å². The molecule has 0 bridgehead atoms. The molecule has 0 radical (unpaired) electrons. The van der Waals surface area contributed by atoms with Gasteiger partial charge in [-0.15, -0.1) is 0 Å². The number of benzene rings is 3. The molecule has 0 N–H and O–H groups in total. The van der Waals surface area contributed by atoms with Gasteiger partial charge in [-0.3, -0.25) is 4.79 Å². The fourth-order valence-electron chi connectivity index (χ4n) is 3.81. The quantitative estimate of drug-likeness (QED) is 0.501. The Labute approximate surface area is 164 Å². The van der Waals surface area contributed by atoms with Crippen LogP contribution in [0.1, 0.15) is 45.1 Å². The molecule has 1 atom stereocenters. The first-order valence-corrected chi connectivity index (χ1v) is 9.48. The van der Waals surface area contributed by atoms with Crippen molar-refractivity contribution in [2.45, 2.75) is 33.3 Å². The molecular weight excluding hydrogens is 356 g/mol. The monoisotopic (exact) mass is 376 g/mol. The van der Waals surface area contributed by atoms with Crippen molar-refractivity contribution in [3.63, 3.8) is 0 Å². The van der Waals surface area contributed by atoms with Crippen molar-refractivity contribution in [1.82, 2.24) is 0 Å². The molecule has 0 saturated carbocycles. The number of halogens is 1. The van der Waals surface area contributed by atoms with Crippen LogP contribution >= 0.6 is 11.6 Å². The predicted molar refractivity (Wildman–Crippen MR) is 110 cm³/mol. The van der Waals surface area contributed by atoms with Gasteiger partial charge in [0.1, 0.15) is 11.9 Å². The first kappa shape index (κ1) is 17.8. The lowest BCUT2D eigenvalue weighted by molar-refractivity contribution is 0.0850. The van der Waals surface area contributed by atoms with E-state index in [4.69, 9.17) is 16.3 Å². The SMILES string of the molecule is Cc1ccc(C2CC(=O)c3c(C)cc(C)c(-c4ccc(Cl)cc4)c3O2)cc1. The Balaban J connectivity index is 1.87. The Morgan fingerprint density at radius 2 is 1.52 bits per heavy atom. The molecule has 1 aliphatic rings. The number of fused-ring (bicyclic) bond motifs is 1. The Kier molecular flexibility index (Phi) is 4.53. The summed E-state index contributed by atoms with van der Waals surface area (Å²) in [6, 6.07) is 17.9. The number of rotatable bonds is 2. The van der Waals surface area contributed by atoms with Crippen LogP contribution in [-0.2, 0) is 0 Å². The smallest absolute Gasteiger partial charge is 0.170 e. The van der Waals surface area contributed by atoms with Gasteiger partial charge >= 0.3 is 0 Å². The number of Topliss-reactive ketones (excluding diaryl/α,β-unsaturated/α-hetero) is 1. The van der Waals surface area contributed by atoms with Crippen molar-refractivity contribution >= 4 is 17.4 Å². The lowest BCUT2D eigenvalue weighted by atomic mass is 9.87. The fraction of sp³-hybridized carbons (Fsp3) is 0.208. The van der Waals surface area contributed by atoms with Crippen molar-refractivity contribution in [3.05, 3.63) is 87.4 Å². The molecule has 3 aromatic carbocycles. The molecular formula is C24H21ClO2. The van der Waals surface area contributed by atoms with Gasteiger partial charge in [0.15, 0.2) is 5.78 Å². The zero-order chi connectivity index (χ0) is 19.1. The van der Waals surface area contributed by atoms with Crippen LogP contribution in [0.3, 0.4) is 0 Å². The number of hydrogen-bond acceptors (Lipinski definition) is 2. The second kappa shape index (κ2) is 6.86. The predicted octanol–water partition coefficient (Wildman–Crippen LogP) is 6.64. The van der Waals surface area contributed by atoms with Gasteiger partial charge in [-0.05, 0) is 55.2 Å². The van der Waals surface area contributed by atoms with E-state index in [2.05, 4.69) is 32.0 Å². The minimum atomic E-state index is -0.266. The van der Waals surface area contributed by atoms with Gasteiger partial charge in [0.05, 0.1) is 12.0 Å². The van der Waals surface area contributed by atoms with Crippen molar-refractivity contribution < 1.29 is 9.53 Å². The molecule has 3 heteroatoms. The van der Waals surface area contributed by atoms with Crippen LogP contribution in [0.4, 0.5) is 0 Å². The molecule has 0 spiro atoms. The molecule has 1 heterocycles. The zero-order valence-corrected chi connectivity index (χ0v) is 16.4. The molecule has 27 heavy (non-hydrogen) atoms. The zero-order valence-electron chi connectivity index (χ0n) is 15.7. The molecule has 0 fully saturated rings. The Bertz CT molecular complexity index is 1020. The highest BCUT2D eigenvalue weighted by Gasteiger charge is 2.32. The number of ether oxygens (including phenoxy) is 1. The van der Waals surface area contributed by atoms with E-state index in [0.717, 1.165) is 27.8 Å². The van der Waals surface area contributed by atoms with Gasteiger partial charge in [-0.2, -0.15) is 0 Å². The molecule has 0 amide bonds. The first-order chi connectivity index (χ1) is 12.9. The highest BCUT2D eigenvalue weighted by molar-refractivity contribution is 6.30. The van der Waals surface area contributed by atoms with Crippen LogP contribution in [0.2, 0.25) is 5.02 Å². The van der Waals surface area contributed by atoms with Gasteiger partial charge in [0, 0.05) is 10.6 Å². The molecule has 1 unspecified atom stereocenters. The third kappa shape index (κ3) is 3.26. The maximum Gasteiger partial charge on any atom is 0.170 e. The highest BCUT2D eigenvalue weighted by Crippen LogP contribution is 2.45. The molecule has 0 saturated heterocycles. The number of carbonyl (C=O) groups excluding carboxylic acids is 1. The fourth-order valence-corrected chi connectivity index (χ4v) is 3.94. The van der Waals surface area contributed by atoms with Crippen LogP contribution in [0.15, 0.2) is 54.6 Å². The van der Waals surface area contributed by atoms with Crippen LogP contribution in [0.25, 0.3) is 11.1 Å². The summed E-state index contributed by atoms with van der Waals surface area (Å²) in [5.41, 5.74) is 6.95. The summed E-state index contributed by atoms with van der Waals surface area (Å²) in [6.45, 7) is 6.09. The average Bonchev–Trinajstić information content (AvgIpc) is 2.63. The van der Waals surface area contributed by atoms with E-state index < -0.39 is 0 Å². The summed E-state index contributed by atoms with van der Waals surface area (Å²) in [5.74, 6) is 0.825. The van der Waals surface area contributed by atoms with E-state index in [-0.39, 0.29) is 11.9 Å². The Hall–Kier alpha value is -2.58. The summed E-state index contributed by atoms with van der Waals surface area (Å²) in [4.78, 5) is 13.0. The molecule has 136 valence electrons. The van der Waals surface area contributed by atoms with Crippen molar-refractivity contribution in [1.29, 1.82) is 0 Å². The minimum Gasteiger partial charge on any atom is -0.484 e. The molecule has 1 aliphatic heterocycles. The summed E-state index contributed by atoms with van der Waals surface area (Å²) >= 11 is 6.06. The third-order valence-corrected chi connectivity index (χ3v) is 5.42. The van der Waals surface area contributed by atoms with Crippen LogP contribution < -0.4 is 4.74 Å². The number of aryl methyl sites for hydroxylation is 3. The lowest BCUT2D eigenvalue weighted by Crippen LogP contribution is -2.22. The van der Waals surface area contributed by atoms with E-state index in [9.17, 15) is 4.79 Å². The number of carbonyl (C=O) groups is 1. The van der Waals surface area contributed by atoms with Crippen LogP contribution in [0, 0.1) is 20.8 Å². The van der Waals surface area contributed by atoms with Gasteiger partial charge in [-0.25, -0.2) is 0 Å². The molecule has 2 nitrogen and oxygen atoms in total. The maximum absolute atomic E-state index is 13.0. The van der Waals surface area contributed by atoms with Crippen molar-refractivity contribution in [2.24, 2.45) is 0 Å². The van der Waals surface area contributed by atoms with E-state index in [1.165, 1.54) is 5.56 Å². The molecule has 0 aliphatic carbocycles. The van der Waals surface area contributed by atoms with E-state index in [1.54, 1.807) is 0 Å². The van der Waals surface area contributed by atoms with Crippen molar-refractivity contribution in [2.75, 3.05) is 0 Å². The molecule has 4 rings (SSSR count). The summed E-state index contributed by atoms with van der Waals surface area (Å²) in [6.07, 6.45) is 0.0953. The van der Waals surface area contributed by atoms with Gasteiger partial charge in [-0.1, -0.05) is 59.6 Å². The molecule has 0 aromatic heterocycles. The van der Waals surface area contributed by atoms with Gasteiger partial charge in [0.25, 0.3) is 0 Å². The van der Waals surface area contributed by atoms with Crippen molar-refractivity contribution in [3.8, 4) is 16.9 Å². The second-order valence-corrected chi connectivity index (χ2v) is 7.68. The minimum absolute atomic E-state index is 0.134. The van der Waals surface area contributed by atoms with E-state index in [0.29, 0.717) is 22.8 Å². The lowest BCUT2D eigenvalue weighted by Gasteiger charge is -2.29. The van der Waals surface area contributed by atoms with E-state index in [1.807, 2.05) is 43.3 Å². The third-order valence-electron chi connectivity index (χ3n) is 5.17. The summed E-state index contributed by atoms with van der Waals surface area (Å²) in [7, 11) is 0. The maximum atomic E-state index is 13.0. The molecule has 3 aromatic rings. The normalized spacial score (nSPS) is 16.0. The number of hydrogen-bond donors (Lipinski definition) is 0. The summed E-state index contributed by atoms with van der Waals surface area (Å²) < 4.78 is 6.45. The summed E-state index contributed by atoms with van der Waals surface area (Å²) in [5, 5.41) is 0.687. The first-order valence-electron chi connectivity index (χ1n) is 9.10. The second-order valence-electron chi connectivity index (χ2n) is 7.24. The largest absolute Gasteiger partial charge is 0.484 e. The Morgan fingerprint density at radius 1 is 0.889 bits per heavy atom. The standard InChI is InChI=1S/C24H21ClO2/c1-14-4-6-17(7-5-14)21-13-20(26)23-16(3)12-15(2)22(24(23)27-21)18-8-10-19(25)11-9-18/h4-12,21H,13H2,1-3H3. The van der Waals surface area contributed by atoms with Gasteiger partial charge < -0.3 is 4.74 Å². The average molecular weight is 377 g/mol. The van der Waals surface area contributed by atoms with Gasteiger partial charge in [0.2, 0.25) is 0 Å². The number of ketones is 1. The van der Waals surface area contributed by atoms with Crippen LogP contribution in [0.5, 0.6) is 5.75 Å². The van der Waals surface area contributed by atoms with E-state index >= 15 is 0 Å². The van der Waals surface area contributed by atoms with Crippen LogP contribution in [-0.4, -0.2) is 5.78 Å². The highest BCUT2D eigenvalue weighted by atomic mass is 35.5.